The van der Waals surface area contributed by atoms with E-state index >= 15 is 0 Å². The highest BCUT2D eigenvalue weighted by molar-refractivity contribution is 7.12. The van der Waals surface area contributed by atoms with Crippen LogP contribution < -0.4 is 11.1 Å². The predicted molar refractivity (Wildman–Crippen MR) is 61.9 cm³/mol. The van der Waals surface area contributed by atoms with Crippen molar-refractivity contribution in [1.82, 2.24) is 5.32 Å². The van der Waals surface area contributed by atoms with E-state index < -0.39 is 0 Å². The molecule has 0 aliphatic heterocycles. The van der Waals surface area contributed by atoms with Crippen LogP contribution in [-0.2, 0) is 0 Å². The molecule has 15 heavy (non-hydrogen) atoms. The smallest absolute Gasteiger partial charge is 0.263 e. The van der Waals surface area contributed by atoms with Gasteiger partial charge in [-0.05, 0) is 17.4 Å². The summed E-state index contributed by atoms with van der Waals surface area (Å²) in [5.41, 5.74) is 6.11. The van der Waals surface area contributed by atoms with Crippen LogP contribution in [0.1, 0.15) is 23.5 Å². The molecule has 0 bridgehead atoms. The molecule has 0 aliphatic carbocycles. The average molecular weight is 228 g/mol. The van der Waals surface area contributed by atoms with Crippen LogP contribution in [0.5, 0.6) is 0 Å². The molecule has 1 aromatic heterocycles. The first-order chi connectivity index (χ1) is 7.06. The van der Waals surface area contributed by atoms with Gasteiger partial charge in [0.25, 0.3) is 5.91 Å². The number of aliphatic hydroxyl groups excluding tert-OH is 1. The van der Waals surface area contributed by atoms with E-state index in [-0.39, 0.29) is 24.5 Å². The molecule has 4 nitrogen and oxygen atoms in total. The lowest BCUT2D eigenvalue weighted by Gasteiger charge is -2.19. The summed E-state index contributed by atoms with van der Waals surface area (Å²) in [7, 11) is 0. The predicted octanol–water partition coefficient (Wildman–Crippen LogP) is 1.08. The first-order valence-electron chi connectivity index (χ1n) is 4.81. The quantitative estimate of drug-likeness (QED) is 0.721. The van der Waals surface area contributed by atoms with E-state index in [4.69, 9.17) is 10.8 Å². The molecule has 0 aliphatic rings. The van der Waals surface area contributed by atoms with E-state index in [2.05, 4.69) is 5.32 Å². The molecule has 1 atom stereocenters. The summed E-state index contributed by atoms with van der Waals surface area (Å²) >= 11 is 1.30. The Balaban J connectivity index is 2.67. The van der Waals surface area contributed by atoms with Crippen LogP contribution in [0.25, 0.3) is 0 Å². The average Bonchev–Trinajstić information content (AvgIpc) is 2.60. The molecule has 0 fully saturated rings. The third-order valence-corrected chi connectivity index (χ3v) is 3.15. The van der Waals surface area contributed by atoms with Crippen LogP contribution in [-0.4, -0.2) is 23.7 Å². The lowest BCUT2D eigenvalue weighted by atomic mass is 10.1. The lowest BCUT2D eigenvalue weighted by Crippen LogP contribution is -2.41. The van der Waals surface area contributed by atoms with Crippen LogP contribution in [0.15, 0.2) is 11.4 Å². The highest BCUT2D eigenvalue weighted by atomic mass is 32.1. The molecule has 1 aromatic rings. The molecular weight excluding hydrogens is 212 g/mol. The van der Waals surface area contributed by atoms with Crippen molar-refractivity contribution < 1.29 is 9.90 Å². The fraction of sp³-hybridized carbons (Fsp3) is 0.500. The van der Waals surface area contributed by atoms with Gasteiger partial charge in [-0.15, -0.1) is 11.3 Å². The van der Waals surface area contributed by atoms with Crippen LogP contribution in [0.2, 0.25) is 0 Å². The molecule has 0 unspecified atom stereocenters. The monoisotopic (exact) mass is 228 g/mol. The number of amides is 1. The Labute approximate surface area is 93.1 Å². The minimum absolute atomic E-state index is 0.0608. The fourth-order valence-electron chi connectivity index (χ4n) is 1.16. The van der Waals surface area contributed by atoms with E-state index in [9.17, 15) is 4.79 Å². The third kappa shape index (κ3) is 2.94. The first-order valence-corrected chi connectivity index (χ1v) is 5.69. The van der Waals surface area contributed by atoms with Gasteiger partial charge in [0.2, 0.25) is 0 Å². The minimum atomic E-state index is -0.223. The third-order valence-electron chi connectivity index (χ3n) is 2.22. The second-order valence-electron chi connectivity index (χ2n) is 3.71. The molecule has 1 heterocycles. The Morgan fingerprint density at radius 3 is 2.73 bits per heavy atom. The standard InChI is InChI=1S/C10H16N2O2S/c1-6(2)8(5-13)12-10(14)9-7(11)3-4-15-9/h3-4,6,8,13H,5,11H2,1-2H3,(H,12,14)/t8-/m1/s1. The number of hydrogen-bond donors (Lipinski definition) is 3. The van der Waals surface area contributed by atoms with E-state index in [0.29, 0.717) is 10.6 Å². The van der Waals surface area contributed by atoms with Gasteiger partial charge in [-0.25, -0.2) is 0 Å². The van der Waals surface area contributed by atoms with Crippen molar-refractivity contribution in [2.24, 2.45) is 5.92 Å². The lowest BCUT2D eigenvalue weighted by molar-refractivity contribution is 0.0902. The van der Waals surface area contributed by atoms with Crippen molar-refractivity contribution in [2.75, 3.05) is 12.3 Å². The topological polar surface area (TPSA) is 75.3 Å². The van der Waals surface area contributed by atoms with Crippen molar-refractivity contribution in [3.8, 4) is 0 Å². The van der Waals surface area contributed by atoms with E-state index in [1.165, 1.54) is 11.3 Å². The maximum atomic E-state index is 11.7. The first kappa shape index (κ1) is 12.0. The number of carbonyl (C=O) groups excluding carboxylic acids is 1. The summed E-state index contributed by atoms with van der Waals surface area (Å²) in [6.07, 6.45) is 0. The van der Waals surface area contributed by atoms with Gasteiger partial charge in [-0.2, -0.15) is 0 Å². The van der Waals surface area contributed by atoms with Crippen LogP contribution in [0.4, 0.5) is 5.69 Å². The second kappa shape index (κ2) is 5.14. The Bertz CT molecular complexity index is 336. The van der Waals surface area contributed by atoms with Gasteiger partial charge in [-0.3, -0.25) is 4.79 Å². The summed E-state index contributed by atoms with van der Waals surface area (Å²) in [6.45, 7) is 3.83. The highest BCUT2D eigenvalue weighted by Gasteiger charge is 2.18. The number of rotatable bonds is 4. The Hall–Kier alpha value is -1.07. The van der Waals surface area contributed by atoms with Gasteiger partial charge in [0, 0.05) is 0 Å². The number of carbonyl (C=O) groups is 1. The number of thiophene rings is 1. The van der Waals surface area contributed by atoms with Crippen LogP contribution >= 0.6 is 11.3 Å². The molecule has 0 spiro atoms. The fourth-order valence-corrected chi connectivity index (χ4v) is 1.88. The zero-order valence-corrected chi connectivity index (χ0v) is 9.67. The normalized spacial score (nSPS) is 12.8. The van der Waals surface area contributed by atoms with E-state index in [1.807, 2.05) is 13.8 Å². The van der Waals surface area contributed by atoms with Gasteiger partial charge < -0.3 is 16.2 Å². The molecular formula is C10H16N2O2S. The summed E-state index contributed by atoms with van der Waals surface area (Å²) in [6, 6.07) is 1.47. The number of nitrogens with one attached hydrogen (secondary N) is 1. The minimum Gasteiger partial charge on any atom is -0.397 e. The maximum Gasteiger partial charge on any atom is 0.263 e. The van der Waals surface area contributed by atoms with Crippen LogP contribution in [0, 0.1) is 5.92 Å². The van der Waals surface area contributed by atoms with Gasteiger partial charge in [0.15, 0.2) is 0 Å². The van der Waals surface area contributed by atoms with Crippen LogP contribution in [0.3, 0.4) is 0 Å². The van der Waals surface area contributed by atoms with E-state index in [0.717, 1.165) is 0 Å². The molecule has 0 saturated heterocycles. The molecule has 4 N–H and O–H groups in total. The molecule has 5 heteroatoms. The number of nitrogens with two attached hydrogens (primary N) is 1. The highest BCUT2D eigenvalue weighted by Crippen LogP contribution is 2.18. The Kier molecular flexibility index (Phi) is 4.11. The summed E-state index contributed by atoms with van der Waals surface area (Å²) < 4.78 is 0. The Morgan fingerprint density at radius 2 is 2.33 bits per heavy atom. The largest absolute Gasteiger partial charge is 0.397 e. The SMILES string of the molecule is CC(C)[C@@H](CO)NC(=O)c1sccc1N. The van der Waals surface area contributed by atoms with Gasteiger partial charge in [0.05, 0.1) is 18.3 Å². The number of aliphatic hydroxyl groups is 1. The molecule has 0 saturated carbocycles. The molecule has 1 rings (SSSR count). The van der Waals surface area contributed by atoms with Crippen molar-refractivity contribution >= 4 is 22.9 Å². The van der Waals surface area contributed by atoms with Crippen molar-refractivity contribution in [3.05, 3.63) is 16.3 Å². The maximum absolute atomic E-state index is 11.7. The summed E-state index contributed by atoms with van der Waals surface area (Å²) in [5.74, 6) is -0.0182. The van der Waals surface area contributed by atoms with Gasteiger partial charge in [0.1, 0.15) is 4.88 Å². The summed E-state index contributed by atoms with van der Waals surface area (Å²) in [5, 5.41) is 13.6. The van der Waals surface area contributed by atoms with Crippen molar-refractivity contribution in [3.63, 3.8) is 0 Å². The van der Waals surface area contributed by atoms with E-state index in [1.54, 1.807) is 11.4 Å². The zero-order chi connectivity index (χ0) is 11.4. The number of nitrogen functional groups attached to an aromatic ring is 1. The second-order valence-corrected chi connectivity index (χ2v) is 4.63. The van der Waals surface area contributed by atoms with Crippen molar-refractivity contribution in [2.45, 2.75) is 19.9 Å². The number of anilines is 1. The molecule has 0 radical (unpaired) electrons. The Morgan fingerprint density at radius 1 is 1.67 bits per heavy atom. The van der Waals surface area contributed by atoms with Crippen molar-refractivity contribution in [1.29, 1.82) is 0 Å². The molecule has 84 valence electrons. The molecule has 1 amide bonds. The van der Waals surface area contributed by atoms with Gasteiger partial charge >= 0.3 is 0 Å². The summed E-state index contributed by atoms with van der Waals surface area (Å²) in [4.78, 5) is 12.2. The number of hydrogen-bond acceptors (Lipinski definition) is 4. The molecule has 0 aromatic carbocycles. The zero-order valence-electron chi connectivity index (χ0n) is 8.86. The van der Waals surface area contributed by atoms with Gasteiger partial charge in [-0.1, -0.05) is 13.8 Å².